The minimum absolute atomic E-state index is 0.000599. The van der Waals surface area contributed by atoms with Crippen molar-refractivity contribution in [3.05, 3.63) is 57.7 Å². The summed E-state index contributed by atoms with van der Waals surface area (Å²) in [6, 6.07) is 6.97. The van der Waals surface area contributed by atoms with Gasteiger partial charge in [0.25, 0.3) is 0 Å². The van der Waals surface area contributed by atoms with Gasteiger partial charge in [-0.25, -0.2) is 24.0 Å². The van der Waals surface area contributed by atoms with Crippen molar-refractivity contribution in [3.63, 3.8) is 0 Å². The van der Waals surface area contributed by atoms with Crippen LogP contribution < -0.4 is 4.90 Å². The number of rotatable bonds is 2. The monoisotopic (exact) mass is 541 g/mol. The van der Waals surface area contributed by atoms with E-state index in [-0.39, 0.29) is 22.9 Å². The van der Waals surface area contributed by atoms with E-state index in [1.54, 1.807) is 9.80 Å². The van der Waals surface area contributed by atoms with Crippen molar-refractivity contribution in [1.82, 2.24) is 14.8 Å². The zero-order chi connectivity index (χ0) is 27.9. The van der Waals surface area contributed by atoms with Gasteiger partial charge in [0.1, 0.15) is 11.4 Å². The predicted molar refractivity (Wildman–Crippen MR) is 146 cm³/mol. The maximum atomic E-state index is 14.8. The van der Waals surface area contributed by atoms with Gasteiger partial charge >= 0.3 is 6.09 Å². The van der Waals surface area contributed by atoms with Crippen LogP contribution in [0.25, 0.3) is 0 Å². The number of amidine groups is 1. The van der Waals surface area contributed by atoms with Crippen LogP contribution in [0.15, 0.2) is 35.1 Å². The number of pyridine rings is 1. The summed E-state index contributed by atoms with van der Waals surface area (Å²) in [5.74, 6) is 2.10. The highest BCUT2D eigenvalue weighted by molar-refractivity contribution is 6.30. The van der Waals surface area contributed by atoms with Crippen molar-refractivity contribution in [2.75, 3.05) is 24.5 Å². The predicted octanol–water partition coefficient (Wildman–Crippen LogP) is 5.82. The number of halogens is 2. The van der Waals surface area contributed by atoms with Gasteiger partial charge in [0.05, 0.1) is 11.3 Å². The molecule has 0 unspecified atom stereocenters. The standard InChI is InChI=1S/C28H33ClFN5O3/c1-16(2)19-10-8-9-17(3)23(19)35-22(15-36)31-25(20-13-21(30)24(29)32-26(20)35)34-12-11-33(14-18(34)4)27(37)38-28(5,6)7/h8-10,13,16,18H,11-12,14H2,1-7H3/t18-/m0/s1. The molecule has 2 aliphatic heterocycles. The van der Waals surface area contributed by atoms with Crippen LogP contribution in [-0.2, 0) is 9.53 Å². The summed E-state index contributed by atoms with van der Waals surface area (Å²) < 4.78 is 20.4. The average Bonchev–Trinajstić information content (AvgIpc) is 2.83. The second kappa shape index (κ2) is 10.4. The Morgan fingerprint density at radius 2 is 1.97 bits per heavy atom. The average molecular weight is 542 g/mol. The minimum Gasteiger partial charge on any atom is -0.444 e. The molecular formula is C28H33ClFN5O3. The lowest BCUT2D eigenvalue weighted by Crippen LogP contribution is -2.56. The molecule has 1 fully saturated rings. The zero-order valence-electron chi connectivity index (χ0n) is 22.8. The van der Waals surface area contributed by atoms with Crippen molar-refractivity contribution in [3.8, 4) is 0 Å². The van der Waals surface area contributed by atoms with Crippen LogP contribution in [0.2, 0.25) is 5.15 Å². The highest BCUT2D eigenvalue weighted by Crippen LogP contribution is 2.42. The highest BCUT2D eigenvalue weighted by Gasteiger charge is 2.38. The molecule has 2 aliphatic rings. The summed E-state index contributed by atoms with van der Waals surface area (Å²) in [4.78, 5) is 39.3. The molecule has 0 saturated carbocycles. The molecule has 1 aromatic carbocycles. The number of fused-ring (bicyclic) bond motifs is 1. The number of hydrogen-bond acceptors (Lipinski definition) is 7. The Kier molecular flexibility index (Phi) is 7.55. The number of carbonyl (C=O) groups excluding carboxylic acids is 2. The number of aryl methyl sites for hydroxylation is 1. The van der Waals surface area contributed by atoms with Gasteiger partial charge in [0.15, 0.2) is 22.7 Å². The first kappa shape index (κ1) is 27.6. The van der Waals surface area contributed by atoms with Crippen LogP contribution in [0.5, 0.6) is 0 Å². The van der Waals surface area contributed by atoms with Crippen LogP contribution in [-0.4, -0.2) is 63.9 Å². The number of anilines is 2. The third-order valence-corrected chi connectivity index (χ3v) is 6.81. The fraction of sp³-hybridized carbons (Fsp3) is 0.464. The van der Waals surface area contributed by atoms with Crippen molar-refractivity contribution < 1.29 is 18.7 Å². The van der Waals surface area contributed by atoms with Crippen LogP contribution in [0.4, 0.5) is 20.7 Å². The second-order valence-electron chi connectivity index (χ2n) is 11.0. The number of para-hydroxylation sites is 1. The molecule has 0 bridgehead atoms. The number of amides is 1. The lowest BCUT2D eigenvalue weighted by Gasteiger charge is -2.43. The number of hydrogen-bond donors (Lipinski definition) is 0. The van der Waals surface area contributed by atoms with E-state index in [0.29, 0.717) is 36.9 Å². The first-order valence-corrected chi connectivity index (χ1v) is 13.0. The number of nitrogens with zero attached hydrogens (tertiary/aromatic N) is 5. The maximum Gasteiger partial charge on any atom is 0.410 e. The molecule has 0 aliphatic carbocycles. The van der Waals surface area contributed by atoms with Gasteiger partial charge in [-0.05, 0) is 57.7 Å². The Balaban J connectivity index is 1.79. The summed E-state index contributed by atoms with van der Waals surface area (Å²) >= 11 is 6.17. The summed E-state index contributed by atoms with van der Waals surface area (Å²) in [6.07, 6.45) is -0.394. The van der Waals surface area contributed by atoms with Gasteiger partial charge < -0.3 is 14.5 Å². The van der Waals surface area contributed by atoms with Gasteiger partial charge in [0, 0.05) is 25.7 Å². The van der Waals surface area contributed by atoms with Gasteiger partial charge in [-0.3, -0.25) is 4.90 Å². The topological polar surface area (TPSA) is 78.3 Å². The van der Waals surface area contributed by atoms with Crippen molar-refractivity contribution >= 4 is 41.0 Å². The number of benzene rings is 1. The molecule has 2 aromatic rings. The number of carbonyl (C=O) groups is 1. The number of ether oxygens (including phenoxy) is 1. The van der Waals surface area contributed by atoms with Gasteiger partial charge in [-0.1, -0.05) is 43.6 Å². The first-order chi connectivity index (χ1) is 17.8. The fourth-order valence-corrected chi connectivity index (χ4v) is 4.95. The highest BCUT2D eigenvalue weighted by atomic mass is 35.5. The van der Waals surface area contributed by atoms with E-state index in [9.17, 15) is 14.0 Å². The molecule has 202 valence electrons. The third-order valence-electron chi connectivity index (χ3n) is 6.55. The first-order valence-electron chi connectivity index (χ1n) is 12.7. The molecule has 1 saturated heterocycles. The quantitative estimate of drug-likeness (QED) is 0.352. The molecule has 10 heteroatoms. The Bertz CT molecular complexity index is 1350. The molecule has 1 amide bonds. The second-order valence-corrected chi connectivity index (χ2v) is 11.3. The molecular weight excluding hydrogens is 509 g/mol. The molecule has 3 heterocycles. The van der Waals surface area contributed by atoms with Crippen LogP contribution in [0.1, 0.15) is 64.2 Å². The lowest BCUT2D eigenvalue weighted by atomic mass is 9.96. The lowest BCUT2D eigenvalue weighted by molar-refractivity contribution is 0.0134. The summed E-state index contributed by atoms with van der Waals surface area (Å²) in [5.41, 5.74) is 2.41. The van der Waals surface area contributed by atoms with Crippen molar-refractivity contribution in [1.29, 1.82) is 0 Å². The number of aliphatic imine (C=N–C) groups is 1. The maximum absolute atomic E-state index is 14.8. The van der Waals surface area contributed by atoms with E-state index in [2.05, 4.69) is 18.8 Å². The van der Waals surface area contributed by atoms with Crippen molar-refractivity contribution in [2.45, 2.75) is 66.0 Å². The van der Waals surface area contributed by atoms with E-state index < -0.39 is 17.5 Å². The number of aromatic nitrogens is 1. The van der Waals surface area contributed by atoms with Crippen molar-refractivity contribution in [2.24, 2.45) is 4.99 Å². The Hall–Kier alpha value is -3.42. The normalized spacial score (nSPS) is 17.8. The van der Waals surface area contributed by atoms with E-state index in [0.717, 1.165) is 16.8 Å². The summed E-state index contributed by atoms with van der Waals surface area (Å²) in [7, 11) is 0. The molecule has 4 rings (SSSR count). The van der Waals surface area contributed by atoms with Crippen LogP contribution in [0, 0.1) is 12.7 Å². The SMILES string of the molecule is Cc1cccc(C(C)C)c1N1C(=C=O)N=C(N2CCN(C(=O)OC(C)(C)C)C[C@@H]2C)c2cc(F)c(Cl)nc21. The molecule has 1 atom stereocenters. The summed E-state index contributed by atoms with van der Waals surface area (Å²) in [6.45, 7) is 14.6. The van der Waals surface area contributed by atoms with E-state index in [1.807, 2.05) is 63.7 Å². The van der Waals surface area contributed by atoms with Gasteiger partial charge in [-0.15, -0.1) is 0 Å². The summed E-state index contributed by atoms with van der Waals surface area (Å²) in [5, 5.41) is -0.303. The van der Waals surface area contributed by atoms with Crippen LogP contribution >= 0.6 is 11.6 Å². The Morgan fingerprint density at radius 3 is 2.58 bits per heavy atom. The Morgan fingerprint density at radius 1 is 1.26 bits per heavy atom. The zero-order valence-corrected chi connectivity index (χ0v) is 23.6. The minimum atomic E-state index is -0.689. The van der Waals surface area contributed by atoms with E-state index in [1.165, 1.54) is 6.07 Å². The van der Waals surface area contributed by atoms with E-state index >= 15 is 0 Å². The molecule has 8 nitrogen and oxygen atoms in total. The molecule has 0 spiro atoms. The Labute approximate surface area is 227 Å². The van der Waals surface area contributed by atoms with Gasteiger partial charge in [0.2, 0.25) is 5.82 Å². The molecule has 0 radical (unpaired) electrons. The smallest absolute Gasteiger partial charge is 0.410 e. The molecule has 1 aromatic heterocycles. The molecule has 38 heavy (non-hydrogen) atoms. The third kappa shape index (κ3) is 5.26. The van der Waals surface area contributed by atoms with Crippen LogP contribution in [0.3, 0.4) is 0 Å². The largest absolute Gasteiger partial charge is 0.444 e. The fourth-order valence-electron chi connectivity index (χ4n) is 4.82. The number of piperazine rings is 1. The molecule has 0 N–H and O–H groups in total. The van der Waals surface area contributed by atoms with Gasteiger partial charge in [-0.2, -0.15) is 0 Å². The van der Waals surface area contributed by atoms with E-state index in [4.69, 9.17) is 21.3 Å².